The van der Waals surface area contributed by atoms with E-state index in [0.29, 0.717) is 19.6 Å². The first-order valence-corrected chi connectivity index (χ1v) is 19.5. The maximum Gasteiger partial charge on any atom is 0.306 e. The van der Waals surface area contributed by atoms with E-state index >= 15 is 0 Å². The van der Waals surface area contributed by atoms with E-state index in [1.165, 1.54) is 148 Å². The molecule has 2 rings (SSSR count). The van der Waals surface area contributed by atoms with E-state index < -0.39 is 0 Å². The van der Waals surface area contributed by atoms with Gasteiger partial charge in [0.15, 0.2) is 0 Å². The molecule has 0 radical (unpaired) electrons. The van der Waals surface area contributed by atoms with Crippen molar-refractivity contribution in [1.29, 1.82) is 0 Å². The lowest BCUT2D eigenvalue weighted by atomic mass is 10.1. The van der Waals surface area contributed by atoms with E-state index in [4.69, 9.17) is 14.2 Å². The first-order valence-electron chi connectivity index (χ1n) is 19.5. The van der Waals surface area contributed by atoms with Crippen LogP contribution in [-0.2, 0) is 16.1 Å². The Morgan fingerprint density at radius 3 is 1.49 bits per heavy atom. The number of benzene rings is 1. The van der Waals surface area contributed by atoms with Gasteiger partial charge in [0.1, 0.15) is 18.1 Å². The number of hydrogen-bond acceptors (Lipinski definition) is 5. The van der Waals surface area contributed by atoms with Crippen LogP contribution in [0.15, 0.2) is 18.2 Å². The van der Waals surface area contributed by atoms with Crippen LogP contribution in [0.4, 0.5) is 0 Å². The van der Waals surface area contributed by atoms with Gasteiger partial charge in [0, 0.05) is 12.5 Å². The minimum atomic E-state index is -0.114. The zero-order chi connectivity index (χ0) is 32.0. The number of carbonyl (C=O) groups excluding carboxylic acids is 1. The van der Waals surface area contributed by atoms with Crippen LogP contribution in [0.25, 0.3) is 0 Å². The first kappa shape index (κ1) is 39.4. The number of rotatable bonds is 30. The number of esters is 1. The van der Waals surface area contributed by atoms with Gasteiger partial charge in [0.05, 0.1) is 13.2 Å². The average Bonchev–Trinajstić information content (AvgIpc) is 3.05. The summed E-state index contributed by atoms with van der Waals surface area (Å²) >= 11 is 0. The molecule has 0 atom stereocenters. The molecule has 5 heteroatoms. The molecule has 0 N–H and O–H groups in total. The Hall–Kier alpha value is -1.75. The van der Waals surface area contributed by atoms with Gasteiger partial charge in [-0.25, -0.2) is 0 Å². The van der Waals surface area contributed by atoms with Crippen molar-refractivity contribution in [3.63, 3.8) is 0 Å². The number of piperidine rings is 1. The Balaban J connectivity index is 1.70. The number of unbranched alkanes of at least 4 members (excludes halogenated alkanes) is 18. The summed E-state index contributed by atoms with van der Waals surface area (Å²) in [5.74, 6) is 1.53. The molecule has 260 valence electrons. The number of hydrogen-bond donors (Lipinski definition) is 0. The summed E-state index contributed by atoms with van der Waals surface area (Å²) in [6, 6.07) is 6.05. The highest BCUT2D eigenvalue weighted by atomic mass is 16.5. The lowest BCUT2D eigenvalue weighted by Gasteiger charge is -2.26. The molecule has 0 saturated carbocycles. The van der Waals surface area contributed by atoms with E-state index in [9.17, 15) is 4.79 Å². The molecule has 45 heavy (non-hydrogen) atoms. The maximum absolute atomic E-state index is 12.5. The van der Waals surface area contributed by atoms with E-state index in [0.717, 1.165) is 42.9 Å². The molecule has 0 amide bonds. The molecule has 5 nitrogen and oxygen atoms in total. The maximum atomic E-state index is 12.5. The standard InChI is InChI=1S/C40H71NO4/c1-3-5-7-9-11-13-15-17-19-24-31-43-38-33-37(36-45-40(42)27-26-30-41-28-22-21-23-29-41)34-39(35-38)44-32-25-20-18-16-14-12-10-8-6-4-2/h33-35H,3-32,36H2,1-2H3. The summed E-state index contributed by atoms with van der Waals surface area (Å²) in [6.45, 7) is 9.59. The predicted octanol–water partition coefficient (Wildman–Crippen LogP) is 11.6. The van der Waals surface area contributed by atoms with Gasteiger partial charge >= 0.3 is 5.97 Å². The number of likely N-dealkylation sites (tertiary alicyclic amines) is 1. The first-order chi connectivity index (χ1) is 22.2. The normalized spacial score (nSPS) is 13.6. The van der Waals surface area contributed by atoms with Gasteiger partial charge in [-0.1, -0.05) is 136 Å². The van der Waals surface area contributed by atoms with Gasteiger partial charge in [0.2, 0.25) is 0 Å². The zero-order valence-corrected chi connectivity index (χ0v) is 29.7. The van der Waals surface area contributed by atoms with Crippen LogP contribution in [0.3, 0.4) is 0 Å². The largest absolute Gasteiger partial charge is 0.493 e. The molecule has 1 fully saturated rings. The van der Waals surface area contributed by atoms with Crippen LogP contribution in [0.1, 0.15) is 180 Å². The minimum absolute atomic E-state index is 0.114. The van der Waals surface area contributed by atoms with E-state index in [2.05, 4.69) is 18.7 Å². The Morgan fingerprint density at radius 1 is 0.578 bits per heavy atom. The van der Waals surface area contributed by atoms with E-state index in [-0.39, 0.29) is 12.6 Å². The third-order valence-electron chi connectivity index (χ3n) is 9.18. The molecular weight excluding hydrogens is 558 g/mol. The fourth-order valence-corrected chi connectivity index (χ4v) is 6.31. The Labute approximate surface area is 278 Å². The van der Waals surface area contributed by atoms with Crippen LogP contribution >= 0.6 is 0 Å². The van der Waals surface area contributed by atoms with Gasteiger partial charge < -0.3 is 19.1 Å². The van der Waals surface area contributed by atoms with Gasteiger partial charge in [-0.05, 0) is 69.4 Å². The van der Waals surface area contributed by atoms with Crippen LogP contribution < -0.4 is 9.47 Å². The van der Waals surface area contributed by atoms with Gasteiger partial charge in [0.25, 0.3) is 0 Å². The summed E-state index contributed by atoms with van der Waals surface area (Å²) in [5.41, 5.74) is 0.943. The highest BCUT2D eigenvalue weighted by Crippen LogP contribution is 2.25. The van der Waals surface area contributed by atoms with Crippen molar-refractivity contribution in [2.45, 2.75) is 181 Å². The summed E-state index contributed by atoms with van der Waals surface area (Å²) in [7, 11) is 0. The fraction of sp³-hybridized carbons (Fsp3) is 0.825. The monoisotopic (exact) mass is 630 g/mol. The minimum Gasteiger partial charge on any atom is -0.493 e. The zero-order valence-electron chi connectivity index (χ0n) is 29.7. The van der Waals surface area contributed by atoms with Crippen molar-refractivity contribution >= 4 is 5.97 Å². The van der Waals surface area contributed by atoms with Gasteiger partial charge in [-0.3, -0.25) is 4.79 Å². The van der Waals surface area contributed by atoms with Crippen molar-refractivity contribution < 1.29 is 19.0 Å². The second-order valence-corrected chi connectivity index (χ2v) is 13.5. The predicted molar refractivity (Wildman–Crippen MR) is 190 cm³/mol. The third-order valence-corrected chi connectivity index (χ3v) is 9.18. The molecule has 1 saturated heterocycles. The Bertz CT molecular complexity index is 778. The van der Waals surface area contributed by atoms with Crippen molar-refractivity contribution in [1.82, 2.24) is 4.90 Å². The van der Waals surface area contributed by atoms with Crippen molar-refractivity contribution in [2.75, 3.05) is 32.8 Å². The highest BCUT2D eigenvalue weighted by molar-refractivity contribution is 5.69. The molecule has 1 aliphatic rings. The molecule has 1 heterocycles. The second-order valence-electron chi connectivity index (χ2n) is 13.5. The molecule has 1 aromatic carbocycles. The molecular formula is C40H71NO4. The summed E-state index contributed by atoms with van der Waals surface area (Å²) in [4.78, 5) is 15.0. The van der Waals surface area contributed by atoms with Crippen LogP contribution in [0.2, 0.25) is 0 Å². The SMILES string of the molecule is CCCCCCCCCCCCOc1cc(COC(=O)CCCN2CCCCC2)cc(OCCCCCCCCCCCC)c1. The lowest BCUT2D eigenvalue weighted by molar-refractivity contribution is -0.145. The molecule has 1 aromatic rings. The van der Waals surface area contributed by atoms with Crippen molar-refractivity contribution in [3.8, 4) is 11.5 Å². The van der Waals surface area contributed by atoms with Gasteiger partial charge in [-0.15, -0.1) is 0 Å². The molecule has 0 aromatic heterocycles. The summed E-state index contributed by atoms with van der Waals surface area (Å²) < 4.78 is 18.0. The van der Waals surface area contributed by atoms with Crippen LogP contribution in [0, 0.1) is 0 Å². The number of carbonyl (C=O) groups is 1. The van der Waals surface area contributed by atoms with Crippen molar-refractivity contribution in [2.24, 2.45) is 0 Å². The number of ether oxygens (including phenoxy) is 3. The molecule has 0 spiro atoms. The quantitative estimate of drug-likeness (QED) is 0.0626. The fourth-order valence-electron chi connectivity index (χ4n) is 6.31. The molecule has 0 unspecified atom stereocenters. The van der Waals surface area contributed by atoms with Gasteiger partial charge in [-0.2, -0.15) is 0 Å². The van der Waals surface area contributed by atoms with Crippen LogP contribution in [0.5, 0.6) is 11.5 Å². The third kappa shape index (κ3) is 22.4. The summed E-state index contributed by atoms with van der Waals surface area (Å²) in [6.07, 6.45) is 31.5. The van der Waals surface area contributed by atoms with E-state index in [1.54, 1.807) is 0 Å². The summed E-state index contributed by atoms with van der Waals surface area (Å²) in [5, 5.41) is 0. The smallest absolute Gasteiger partial charge is 0.306 e. The van der Waals surface area contributed by atoms with E-state index in [1.807, 2.05) is 18.2 Å². The second kappa shape index (κ2) is 28.5. The topological polar surface area (TPSA) is 48.0 Å². The highest BCUT2D eigenvalue weighted by Gasteiger charge is 2.12. The molecule has 0 bridgehead atoms. The van der Waals surface area contributed by atoms with Crippen molar-refractivity contribution in [3.05, 3.63) is 23.8 Å². The number of nitrogens with zero attached hydrogens (tertiary/aromatic N) is 1. The molecule has 0 aliphatic carbocycles. The molecule has 1 aliphatic heterocycles. The Morgan fingerprint density at radius 2 is 1.02 bits per heavy atom. The van der Waals surface area contributed by atoms with Crippen LogP contribution in [-0.4, -0.2) is 43.7 Å². The Kier molecular flexibility index (Phi) is 24.9. The average molecular weight is 630 g/mol. The lowest BCUT2D eigenvalue weighted by Crippen LogP contribution is -2.30.